The van der Waals surface area contributed by atoms with Gasteiger partial charge in [0.05, 0.1) is 5.69 Å². The van der Waals surface area contributed by atoms with E-state index in [0.717, 1.165) is 62.7 Å². The van der Waals surface area contributed by atoms with E-state index in [9.17, 15) is 14.7 Å². The molecule has 0 aromatic carbocycles. The largest absolute Gasteiger partial charge is 0.477 e. The molecule has 3 aliphatic rings. The maximum Gasteiger partial charge on any atom is 0.348 e. The molecule has 0 atom stereocenters. The average molecular weight is 432 g/mol. The van der Waals surface area contributed by atoms with Crippen LogP contribution in [0.1, 0.15) is 85.7 Å². The third kappa shape index (κ3) is 4.65. The van der Waals surface area contributed by atoms with Crippen LogP contribution in [0.2, 0.25) is 0 Å². The Morgan fingerprint density at radius 3 is 2.47 bits per heavy atom. The molecule has 1 saturated heterocycles. The maximum atomic E-state index is 13.7. The van der Waals surface area contributed by atoms with Crippen molar-refractivity contribution in [2.45, 2.75) is 77.2 Å². The zero-order valence-corrected chi connectivity index (χ0v) is 18.7. The Labute approximate surface area is 183 Å². The molecule has 6 heteroatoms. The van der Waals surface area contributed by atoms with Gasteiger partial charge in [-0.15, -0.1) is 11.3 Å². The van der Waals surface area contributed by atoms with E-state index < -0.39 is 5.97 Å². The van der Waals surface area contributed by atoms with Crippen LogP contribution in [0, 0.1) is 11.8 Å². The molecule has 1 N–H and O–H groups in total. The Kier molecular flexibility index (Phi) is 6.94. The van der Waals surface area contributed by atoms with Crippen molar-refractivity contribution >= 4 is 34.5 Å². The summed E-state index contributed by atoms with van der Waals surface area (Å²) in [6.07, 6.45) is 12.1. The Morgan fingerprint density at radius 2 is 1.83 bits per heavy atom. The van der Waals surface area contributed by atoms with Crippen molar-refractivity contribution in [3.63, 3.8) is 0 Å². The summed E-state index contributed by atoms with van der Waals surface area (Å²) in [6, 6.07) is 2.01. The highest BCUT2D eigenvalue weighted by molar-refractivity contribution is 7.15. The van der Waals surface area contributed by atoms with Gasteiger partial charge in [0.25, 0.3) is 0 Å². The molecular formula is C24H33NO4S. The molecule has 1 aromatic heterocycles. The number of anilines is 1. The summed E-state index contributed by atoms with van der Waals surface area (Å²) in [5.41, 5.74) is 1.86. The SMILES string of the molecule is C[C@H]1CC[C@H](C(=O)N(c2cc(C3=CCCCC3)sc2C(=O)O)C2CCOCC2)CC1. The first kappa shape index (κ1) is 21.6. The van der Waals surface area contributed by atoms with Crippen LogP contribution in [-0.2, 0) is 9.53 Å². The molecular weight excluding hydrogens is 398 g/mol. The van der Waals surface area contributed by atoms with Crippen molar-refractivity contribution in [1.82, 2.24) is 0 Å². The highest BCUT2D eigenvalue weighted by Crippen LogP contribution is 2.41. The minimum absolute atomic E-state index is 0.00272. The van der Waals surface area contributed by atoms with Crippen LogP contribution < -0.4 is 4.90 Å². The number of carboxylic acids is 1. The molecule has 164 valence electrons. The summed E-state index contributed by atoms with van der Waals surface area (Å²) in [5.74, 6) is -0.132. The van der Waals surface area contributed by atoms with Crippen LogP contribution in [0.5, 0.6) is 0 Å². The van der Waals surface area contributed by atoms with Gasteiger partial charge in [-0.1, -0.05) is 13.0 Å². The van der Waals surface area contributed by atoms with Gasteiger partial charge in [0.15, 0.2) is 0 Å². The van der Waals surface area contributed by atoms with E-state index in [4.69, 9.17) is 4.74 Å². The van der Waals surface area contributed by atoms with Gasteiger partial charge in [-0.25, -0.2) is 4.79 Å². The lowest BCUT2D eigenvalue weighted by Gasteiger charge is -2.37. The van der Waals surface area contributed by atoms with E-state index in [1.165, 1.54) is 23.3 Å². The molecule has 2 heterocycles. The molecule has 1 aliphatic heterocycles. The monoisotopic (exact) mass is 431 g/mol. The normalized spacial score (nSPS) is 25.6. The Hall–Kier alpha value is -1.66. The second-order valence-electron chi connectivity index (χ2n) is 9.11. The fourth-order valence-electron chi connectivity index (χ4n) is 5.08. The highest BCUT2D eigenvalue weighted by Gasteiger charge is 2.36. The number of nitrogens with zero attached hydrogens (tertiary/aromatic N) is 1. The van der Waals surface area contributed by atoms with Crippen molar-refractivity contribution in [1.29, 1.82) is 0 Å². The van der Waals surface area contributed by atoms with Gasteiger partial charge in [-0.2, -0.15) is 0 Å². The number of hydrogen-bond donors (Lipinski definition) is 1. The minimum atomic E-state index is -0.931. The molecule has 2 aliphatic carbocycles. The van der Waals surface area contributed by atoms with Gasteiger partial charge >= 0.3 is 5.97 Å². The van der Waals surface area contributed by atoms with E-state index in [1.54, 1.807) is 0 Å². The molecule has 1 saturated carbocycles. The van der Waals surface area contributed by atoms with Crippen LogP contribution >= 0.6 is 11.3 Å². The van der Waals surface area contributed by atoms with Crippen LogP contribution in [0.4, 0.5) is 5.69 Å². The lowest BCUT2D eigenvalue weighted by molar-refractivity contribution is -0.124. The Balaban J connectivity index is 1.70. The van der Waals surface area contributed by atoms with E-state index in [1.807, 2.05) is 11.0 Å². The van der Waals surface area contributed by atoms with Crippen molar-refractivity contribution in [3.05, 3.63) is 21.9 Å². The van der Waals surface area contributed by atoms with E-state index in [2.05, 4.69) is 13.0 Å². The fourth-order valence-corrected chi connectivity index (χ4v) is 6.13. The van der Waals surface area contributed by atoms with E-state index in [0.29, 0.717) is 29.7 Å². The number of amides is 1. The Morgan fingerprint density at radius 1 is 1.10 bits per heavy atom. The number of carbonyl (C=O) groups excluding carboxylic acids is 1. The quantitative estimate of drug-likeness (QED) is 0.645. The molecule has 0 radical (unpaired) electrons. The average Bonchev–Trinajstić information content (AvgIpc) is 3.21. The van der Waals surface area contributed by atoms with Crippen molar-refractivity contribution < 1.29 is 19.4 Å². The van der Waals surface area contributed by atoms with Gasteiger partial charge in [-0.05, 0) is 81.8 Å². The summed E-state index contributed by atoms with van der Waals surface area (Å²) >= 11 is 1.34. The fraction of sp³-hybridized carbons (Fsp3) is 0.667. The molecule has 1 amide bonds. The molecule has 0 spiro atoms. The lowest BCUT2D eigenvalue weighted by Crippen LogP contribution is -2.47. The van der Waals surface area contributed by atoms with Crippen LogP contribution in [0.25, 0.3) is 5.57 Å². The van der Waals surface area contributed by atoms with Crippen LogP contribution in [0.3, 0.4) is 0 Å². The number of carboxylic acid groups (broad SMARTS) is 1. The second kappa shape index (κ2) is 9.65. The predicted octanol–water partition coefficient (Wildman–Crippen LogP) is 5.74. The topological polar surface area (TPSA) is 66.8 Å². The van der Waals surface area contributed by atoms with Crippen molar-refractivity contribution in [3.8, 4) is 0 Å². The minimum Gasteiger partial charge on any atom is -0.477 e. The zero-order chi connectivity index (χ0) is 21.1. The molecule has 0 bridgehead atoms. The predicted molar refractivity (Wildman–Crippen MR) is 120 cm³/mol. The van der Waals surface area contributed by atoms with Gasteiger partial charge in [0, 0.05) is 30.1 Å². The summed E-state index contributed by atoms with van der Waals surface area (Å²) < 4.78 is 5.54. The van der Waals surface area contributed by atoms with Crippen molar-refractivity contribution in [2.75, 3.05) is 18.1 Å². The molecule has 4 rings (SSSR count). The van der Waals surface area contributed by atoms with Gasteiger partial charge in [0.1, 0.15) is 4.88 Å². The second-order valence-corrected chi connectivity index (χ2v) is 10.2. The molecule has 1 aromatic rings. The summed E-state index contributed by atoms with van der Waals surface area (Å²) in [6.45, 7) is 3.50. The first-order chi connectivity index (χ1) is 14.5. The third-order valence-corrected chi connectivity index (χ3v) is 8.12. The number of carbonyl (C=O) groups is 2. The van der Waals surface area contributed by atoms with E-state index in [-0.39, 0.29) is 17.9 Å². The number of allylic oxidation sites excluding steroid dienone is 2. The van der Waals surface area contributed by atoms with Gasteiger partial charge < -0.3 is 14.7 Å². The molecule has 0 unspecified atom stereocenters. The summed E-state index contributed by atoms with van der Waals surface area (Å²) in [5, 5.41) is 9.98. The lowest BCUT2D eigenvalue weighted by atomic mass is 9.82. The zero-order valence-electron chi connectivity index (χ0n) is 17.9. The van der Waals surface area contributed by atoms with Gasteiger partial charge in [0.2, 0.25) is 5.91 Å². The highest BCUT2D eigenvalue weighted by atomic mass is 32.1. The number of thiophene rings is 1. The number of rotatable bonds is 5. The third-order valence-electron chi connectivity index (χ3n) is 6.93. The first-order valence-electron chi connectivity index (χ1n) is 11.5. The first-order valence-corrected chi connectivity index (χ1v) is 12.3. The molecule has 2 fully saturated rings. The Bertz CT molecular complexity index is 800. The van der Waals surface area contributed by atoms with Gasteiger partial charge in [-0.3, -0.25) is 4.79 Å². The maximum absolute atomic E-state index is 13.7. The van der Waals surface area contributed by atoms with Crippen LogP contribution in [-0.4, -0.2) is 36.2 Å². The number of ether oxygens (including phenoxy) is 1. The smallest absolute Gasteiger partial charge is 0.348 e. The van der Waals surface area contributed by atoms with E-state index >= 15 is 0 Å². The molecule has 5 nitrogen and oxygen atoms in total. The van der Waals surface area contributed by atoms with Crippen LogP contribution in [0.15, 0.2) is 12.1 Å². The van der Waals surface area contributed by atoms with Crippen molar-refractivity contribution in [2.24, 2.45) is 11.8 Å². The number of aromatic carboxylic acids is 1. The summed E-state index contributed by atoms with van der Waals surface area (Å²) in [4.78, 5) is 29.1. The summed E-state index contributed by atoms with van der Waals surface area (Å²) in [7, 11) is 0. The standard InChI is InChI=1S/C24H33NO4S/c1-16-7-9-18(10-8-16)23(26)25(19-11-13-29-14-12-19)20-15-21(30-22(20)24(27)28)17-5-3-2-4-6-17/h5,15-16,18-19H,2-4,6-14H2,1H3,(H,27,28)/t16-,18-. The number of hydrogen-bond acceptors (Lipinski definition) is 4. The molecule has 30 heavy (non-hydrogen) atoms.